The van der Waals surface area contributed by atoms with Gasteiger partial charge in [0.25, 0.3) is 11.6 Å². The third-order valence-electron chi connectivity index (χ3n) is 4.13. The van der Waals surface area contributed by atoms with Crippen LogP contribution < -0.4 is 5.32 Å². The first-order chi connectivity index (χ1) is 14.0. The van der Waals surface area contributed by atoms with E-state index in [2.05, 4.69) is 5.32 Å². The number of likely N-dealkylation sites (N-methyl/N-ethyl adjacent to an activating group) is 1. The number of esters is 1. The standard InChI is InChI=1S/C19H21N3O7S/c1-13-4-8-16(9-5-13)30(27,28)21(3)11-19(24)29-12-18(23)20-15-7-6-14(2)17(10-15)22(25)26/h4-10H,11-12H2,1-3H3,(H,20,23). The number of carbonyl (C=O) groups excluding carboxylic acids is 2. The SMILES string of the molecule is Cc1ccc(S(=O)(=O)N(C)CC(=O)OCC(=O)Nc2ccc(C)c([N+](=O)[O-])c2)cc1. The predicted octanol–water partition coefficient (Wildman–Crippen LogP) is 2.01. The van der Waals surface area contributed by atoms with Crippen LogP contribution in [0.5, 0.6) is 0 Å². The van der Waals surface area contributed by atoms with Gasteiger partial charge in [0.05, 0.1) is 9.82 Å². The molecule has 0 aliphatic rings. The number of nitrogens with zero attached hydrogens (tertiary/aromatic N) is 2. The Morgan fingerprint density at radius 2 is 1.77 bits per heavy atom. The van der Waals surface area contributed by atoms with Gasteiger partial charge in [-0.25, -0.2) is 8.42 Å². The minimum absolute atomic E-state index is 0.0297. The van der Waals surface area contributed by atoms with Crippen LogP contribution in [0, 0.1) is 24.0 Å². The smallest absolute Gasteiger partial charge is 0.321 e. The fourth-order valence-corrected chi connectivity index (χ4v) is 3.54. The second-order valence-electron chi connectivity index (χ2n) is 6.54. The van der Waals surface area contributed by atoms with Gasteiger partial charge in [0.2, 0.25) is 10.0 Å². The van der Waals surface area contributed by atoms with Crippen LogP contribution >= 0.6 is 0 Å². The van der Waals surface area contributed by atoms with E-state index in [1.54, 1.807) is 19.1 Å². The molecule has 2 aromatic rings. The van der Waals surface area contributed by atoms with E-state index >= 15 is 0 Å². The largest absolute Gasteiger partial charge is 0.455 e. The van der Waals surface area contributed by atoms with Crippen molar-refractivity contribution >= 4 is 33.3 Å². The van der Waals surface area contributed by atoms with Crippen LogP contribution in [-0.4, -0.2) is 49.7 Å². The van der Waals surface area contributed by atoms with Crippen molar-refractivity contribution in [3.8, 4) is 0 Å². The van der Waals surface area contributed by atoms with Crippen molar-refractivity contribution in [2.75, 3.05) is 25.5 Å². The molecule has 0 atom stereocenters. The summed E-state index contributed by atoms with van der Waals surface area (Å²) in [5.41, 5.74) is 1.34. The molecule has 2 aromatic carbocycles. The van der Waals surface area contributed by atoms with E-state index in [-0.39, 0.29) is 16.3 Å². The number of aryl methyl sites for hydroxylation is 2. The zero-order valence-corrected chi connectivity index (χ0v) is 17.4. The quantitative estimate of drug-likeness (QED) is 0.380. The molecule has 0 unspecified atom stereocenters. The summed E-state index contributed by atoms with van der Waals surface area (Å²) in [6, 6.07) is 10.3. The third kappa shape index (κ3) is 5.84. The number of benzene rings is 2. The molecule has 0 heterocycles. The molecule has 0 radical (unpaired) electrons. The van der Waals surface area contributed by atoms with E-state index in [0.29, 0.717) is 5.56 Å². The second kappa shape index (κ2) is 9.46. The number of nitro benzene ring substituents is 1. The minimum Gasteiger partial charge on any atom is -0.455 e. The maximum atomic E-state index is 12.5. The summed E-state index contributed by atoms with van der Waals surface area (Å²) in [5, 5.41) is 13.3. The summed E-state index contributed by atoms with van der Waals surface area (Å²) >= 11 is 0. The lowest BCUT2D eigenvalue weighted by atomic mass is 10.2. The van der Waals surface area contributed by atoms with Gasteiger partial charge in [-0.05, 0) is 32.0 Å². The lowest BCUT2D eigenvalue weighted by Crippen LogP contribution is -2.34. The van der Waals surface area contributed by atoms with E-state index in [0.717, 1.165) is 9.87 Å². The number of ether oxygens (including phenoxy) is 1. The van der Waals surface area contributed by atoms with Crippen LogP contribution in [0.1, 0.15) is 11.1 Å². The number of anilines is 1. The van der Waals surface area contributed by atoms with Crippen molar-refractivity contribution in [2.45, 2.75) is 18.7 Å². The molecular weight excluding hydrogens is 414 g/mol. The first-order valence-electron chi connectivity index (χ1n) is 8.74. The van der Waals surface area contributed by atoms with Crippen molar-refractivity contribution < 1.29 is 27.7 Å². The molecular formula is C19H21N3O7S. The molecule has 1 N–H and O–H groups in total. The van der Waals surface area contributed by atoms with Gasteiger partial charge in [-0.3, -0.25) is 19.7 Å². The molecule has 30 heavy (non-hydrogen) atoms. The number of nitrogens with one attached hydrogen (secondary N) is 1. The lowest BCUT2D eigenvalue weighted by molar-refractivity contribution is -0.385. The molecule has 11 heteroatoms. The Bertz CT molecular complexity index is 1070. The summed E-state index contributed by atoms with van der Waals surface area (Å²) in [6.45, 7) is 2.13. The van der Waals surface area contributed by atoms with Crippen molar-refractivity contribution in [2.24, 2.45) is 0 Å². The summed E-state index contributed by atoms with van der Waals surface area (Å²) < 4.78 is 30.5. The first kappa shape index (κ1) is 23.0. The Kier molecular flexibility index (Phi) is 7.24. The highest BCUT2D eigenvalue weighted by molar-refractivity contribution is 7.89. The third-order valence-corrected chi connectivity index (χ3v) is 5.95. The van der Waals surface area contributed by atoms with Gasteiger partial charge in [-0.15, -0.1) is 0 Å². The van der Waals surface area contributed by atoms with E-state index in [9.17, 15) is 28.1 Å². The molecule has 0 aromatic heterocycles. The van der Waals surface area contributed by atoms with E-state index in [4.69, 9.17) is 4.74 Å². The Hall–Kier alpha value is -3.31. The maximum absolute atomic E-state index is 12.5. The van der Waals surface area contributed by atoms with Crippen molar-refractivity contribution in [3.63, 3.8) is 0 Å². The normalized spacial score (nSPS) is 11.2. The Balaban J connectivity index is 1.91. The van der Waals surface area contributed by atoms with Crippen molar-refractivity contribution in [3.05, 3.63) is 63.7 Å². The number of carbonyl (C=O) groups is 2. The molecule has 0 spiro atoms. The number of hydrogen-bond acceptors (Lipinski definition) is 7. The highest BCUT2D eigenvalue weighted by Gasteiger charge is 2.24. The van der Waals surface area contributed by atoms with E-state index < -0.39 is 40.0 Å². The molecule has 2 rings (SSSR count). The molecule has 0 fully saturated rings. The highest BCUT2D eigenvalue weighted by atomic mass is 32.2. The van der Waals surface area contributed by atoms with Gasteiger partial charge < -0.3 is 10.1 Å². The molecule has 1 amide bonds. The number of rotatable bonds is 8. The monoisotopic (exact) mass is 435 g/mol. The van der Waals surface area contributed by atoms with Gasteiger partial charge >= 0.3 is 5.97 Å². The molecule has 0 aliphatic carbocycles. The van der Waals surface area contributed by atoms with Crippen LogP contribution in [0.15, 0.2) is 47.4 Å². The Labute approximate surface area is 173 Å². The zero-order chi connectivity index (χ0) is 22.5. The number of amides is 1. The number of nitro groups is 1. The predicted molar refractivity (Wildman–Crippen MR) is 108 cm³/mol. The average Bonchev–Trinajstić information content (AvgIpc) is 2.68. The fraction of sp³-hybridized carbons (Fsp3) is 0.263. The first-order valence-corrected chi connectivity index (χ1v) is 10.2. The highest BCUT2D eigenvalue weighted by Crippen LogP contribution is 2.22. The number of hydrogen-bond donors (Lipinski definition) is 1. The van der Waals surface area contributed by atoms with Gasteiger partial charge in [0.1, 0.15) is 6.54 Å². The van der Waals surface area contributed by atoms with Crippen molar-refractivity contribution in [1.82, 2.24) is 4.31 Å². The minimum atomic E-state index is -3.89. The maximum Gasteiger partial charge on any atom is 0.321 e. The van der Waals surface area contributed by atoms with E-state index in [1.165, 1.54) is 37.4 Å². The van der Waals surface area contributed by atoms with Crippen LogP contribution in [0.2, 0.25) is 0 Å². The molecule has 0 saturated carbocycles. The van der Waals surface area contributed by atoms with Crippen LogP contribution in [-0.2, 0) is 24.3 Å². The van der Waals surface area contributed by atoms with Gasteiger partial charge in [0, 0.05) is 24.4 Å². The molecule has 160 valence electrons. The summed E-state index contributed by atoms with van der Waals surface area (Å²) in [6.07, 6.45) is 0. The topological polar surface area (TPSA) is 136 Å². The molecule has 0 aliphatic heterocycles. The molecule has 0 saturated heterocycles. The average molecular weight is 435 g/mol. The fourth-order valence-electron chi connectivity index (χ4n) is 2.43. The van der Waals surface area contributed by atoms with Crippen LogP contribution in [0.4, 0.5) is 11.4 Å². The molecule has 0 bridgehead atoms. The summed E-state index contributed by atoms with van der Waals surface area (Å²) in [4.78, 5) is 34.3. The van der Waals surface area contributed by atoms with Gasteiger partial charge in [0.15, 0.2) is 6.61 Å². The second-order valence-corrected chi connectivity index (χ2v) is 8.59. The van der Waals surface area contributed by atoms with Crippen molar-refractivity contribution in [1.29, 1.82) is 0 Å². The van der Waals surface area contributed by atoms with Gasteiger partial charge in [-0.2, -0.15) is 4.31 Å². The lowest BCUT2D eigenvalue weighted by Gasteiger charge is -2.16. The molecule has 10 nitrogen and oxygen atoms in total. The Morgan fingerprint density at radius 3 is 2.37 bits per heavy atom. The zero-order valence-electron chi connectivity index (χ0n) is 16.6. The number of sulfonamides is 1. The summed E-state index contributed by atoms with van der Waals surface area (Å²) in [5.74, 6) is -1.64. The van der Waals surface area contributed by atoms with Crippen LogP contribution in [0.25, 0.3) is 0 Å². The van der Waals surface area contributed by atoms with Gasteiger partial charge in [-0.1, -0.05) is 23.8 Å². The van der Waals surface area contributed by atoms with E-state index in [1.807, 2.05) is 6.92 Å². The Morgan fingerprint density at radius 1 is 1.13 bits per heavy atom. The van der Waals surface area contributed by atoms with Crippen LogP contribution in [0.3, 0.4) is 0 Å². The summed E-state index contributed by atoms with van der Waals surface area (Å²) in [7, 11) is -2.66.